The second kappa shape index (κ2) is 7.32. The number of carbonyl (C=O) groups excluding carboxylic acids is 1. The first-order valence-electron chi connectivity index (χ1n) is 8.42. The fourth-order valence-corrected chi connectivity index (χ4v) is 3.74. The number of thiazole rings is 1. The lowest BCUT2D eigenvalue weighted by Gasteiger charge is -2.24. The molecule has 0 bridgehead atoms. The number of likely N-dealkylation sites (N-methyl/N-ethyl adjacent to an activating group) is 1. The van der Waals surface area contributed by atoms with Gasteiger partial charge in [-0.3, -0.25) is 19.3 Å². The maximum atomic E-state index is 12.6. The van der Waals surface area contributed by atoms with E-state index in [4.69, 9.17) is 0 Å². The summed E-state index contributed by atoms with van der Waals surface area (Å²) in [6.07, 6.45) is 5.28. The molecule has 140 valence electrons. The van der Waals surface area contributed by atoms with Crippen molar-refractivity contribution in [2.45, 2.75) is 26.8 Å². The molecular formula is C19H20N4O3S. The van der Waals surface area contributed by atoms with Crippen LogP contribution in [0.2, 0.25) is 0 Å². The Kier molecular flexibility index (Phi) is 5.09. The van der Waals surface area contributed by atoms with Gasteiger partial charge in [-0.1, -0.05) is 12.1 Å². The Balaban J connectivity index is 1.80. The highest BCUT2D eigenvalue weighted by molar-refractivity contribution is 7.17. The minimum Gasteiger partial charge on any atom is -0.335 e. The maximum absolute atomic E-state index is 12.6. The Hall–Kier alpha value is -3.00. The van der Waals surface area contributed by atoms with E-state index in [2.05, 4.69) is 4.98 Å². The highest BCUT2D eigenvalue weighted by Gasteiger charge is 2.18. The number of non-ortho nitro benzene ring substituents is 1. The summed E-state index contributed by atoms with van der Waals surface area (Å²) < 4.78 is 1.98. The molecule has 1 amide bonds. The molecule has 3 aromatic rings. The van der Waals surface area contributed by atoms with E-state index in [1.165, 1.54) is 18.2 Å². The molecule has 2 heterocycles. The average Bonchev–Trinajstić information content (AvgIpc) is 3.13. The Morgan fingerprint density at radius 1 is 1.41 bits per heavy atom. The fraction of sp³-hybridized carbons (Fsp3) is 0.263. The number of fused-ring (bicyclic) bond motifs is 1. The van der Waals surface area contributed by atoms with Gasteiger partial charge in [-0.25, -0.2) is 4.98 Å². The van der Waals surface area contributed by atoms with Crippen molar-refractivity contribution in [3.05, 3.63) is 68.5 Å². The summed E-state index contributed by atoms with van der Waals surface area (Å²) in [5.74, 6) is -0.185. The first-order chi connectivity index (χ1) is 12.8. The zero-order valence-electron chi connectivity index (χ0n) is 15.5. The smallest absolute Gasteiger partial charge is 0.269 e. The van der Waals surface area contributed by atoms with Gasteiger partial charge in [-0.15, -0.1) is 11.3 Å². The van der Waals surface area contributed by atoms with Crippen LogP contribution in [-0.4, -0.2) is 32.2 Å². The number of rotatable bonds is 5. The molecular weight excluding hydrogens is 364 g/mol. The van der Waals surface area contributed by atoms with Crippen LogP contribution in [0, 0.1) is 24.0 Å². The van der Waals surface area contributed by atoms with Crippen LogP contribution in [0.3, 0.4) is 0 Å². The van der Waals surface area contributed by atoms with E-state index >= 15 is 0 Å². The molecule has 27 heavy (non-hydrogen) atoms. The normalized spacial score (nSPS) is 12.6. The van der Waals surface area contributed by atoms with Crippen LogP contribution >= 0.6 is 11.3 Å². The number of imidazole rings is 1. The van der Waals surface area contributed by atoms with E-state index in [9.17, 15) is 14.9 Å². The zero-order chi connectivity index (χ0) is 19.7. The van der Waals surface area contributed by atoms with Gasteiger partial charge in [0.1, 0.15) is 0 Å². The van der Waals surface area contributed by atoms with Crippen molar-refractivity contribution in [3.8, 4) is 0 Å². The summed E-state index contributed by atoms with van der Waals surface area (Å²) in [6.45, 7) is 5.77. The first-order valence-corrected chi connectivity index (χ1v) is 9.24. The van der Waals surface area contributed by atoms with Crippen molar-refractivity contribution in [2.24, 2.45) is 0 Å². The standard InChI is InChI=1S/C19H20N4O3S/c1-12-11-22-17(13(2)20-19(22)27-12)8-9-18(24)21(4)14(3)15-6-5-7-16(10-15)23(25)26/h5-11,14H,1-4H3/b9-8+. The van der Waals surface area contributed by atoms with Crippen LogP contribution in [0.25, 0.3) is 11.0 Å². The minimum absolute atomic E-state index is 0.0147. The molecule has 0 spiro atoms. The van der Waals surface area contributed by atoms with Gasteiger partial charge in [0.15, 0.2) is 4.96 Å². The number of hydrogen-bond acceptors (Lipinski definition) is 5. The number of carbonyl (C=O) groups is 1. The van der Waals surface area contributed by atoms with Gasteiger partial charge in [0.2, 0.25) is 5.91 Å². The van der Waals surface area contributed by atoms with Crippen molar-refractivity contribution < 1.29 is 9.72 Å². The predicted octanol–water partition coefficient (Wildman–Crippen LogP) is 4.15. The molecule has 1 aromatic carbocycles. The van der Waals surface area contributed by atoms with Crippen LogP contribution in [0.1, 0.15) is 34.8 Å². The number of nitro groups is 1. The van der Waals surface area contributed by atoms with Crippen LogP contribution in [-0.2, 0) is 4.79 Å². The van der Waals surface area contributed by atoms with Gasteiger partial charge in [0.25, 0.3) is 5.69 Å². The molecule has 0 saturated heterocycles. The number of nitro benzene ring substituents is 1. The van der Waals surface area contributed by atoms with Crippen molar-refractivity contribution in [1.82, 2.24) is 14.3 Å². The topological polar surface area (TPSA) is 80.8 Å². The third-order valence-corrected chi connectivity index (χ3v) is 5.44. The number of aromatic nitrogens is 2. The third-order valence-electron chi connectivity index (χ3n) is 4.54. The zero-order valence-corrected chi connectivity index (χ0v) is 16.4. The first kappa shape index (κ1) is 18.8. The summed E-state index contributed by atoms with van der Waals surface area (Å²) in [4.78, 5) is 31.2. The summed E-state index contributed by atoms with van der Waals surface area (Å²) >= 11 is 1.60. The van der Waals surface area contributed by atoms with Crippen molar-refractivity contribution in [2.75, 3.05) is 7.05 Å². The van der Waals surface area contributed by atoms with Crippen LogP contribution < -0.4 is 0 Å². The van der Waals surface area contributed by atoms with Crippen LogP contribution in [0.4, 0.5) is 5.69 Å². The van der Waals surface area contributed by atoms with Crippen LogP contribution in [0.15, 0.2) is 36.5 Å². The molecule has 1 atom stereocenters. The number of amides is 1. The molecule has 8 heteroatoms. The lowest BCUT2D eigenvalue weighted by molar-refractivity contribution is -0.384. The molecule has 0 aliphatic heterocycles. The number of aryl methyl sites for hydroxylation is 2. The third kappa shape index (κ3) is 3.75. The molecule has 7 nitrogen and oxygen atoms in total. The van der Waals surface area contributed by atoms with E-state index in [0.717, 1.165) is 21.2 Å². The van der Waals surface area contributed by atoms with Crippen molar-refractivity contribution >= 4 is 34.0 Å². The van der Waals surface area contributed by atoms with E-state index < -0.39 is 4.92 Å². The number of nitrogens with zero attached hydrogens (tertiary/aromatic N) is 4. The molecule has 0 N–H and O–H groups in total. The van der Waals surface area contributed by atoms with Crippen LogP contribution in [0.5, 0.6) is 0 Å². The Morgan fingerprint density at radius 3 is 2.85 bits per heavy atom. The van der Waals surface area contributed by atoms with Gasteiger partial charge in [-0.2, -0.15) is 0 Å². The minimum atomic E-state index is -0.436. The summed E-state index contributed by atoms with van der Waals surface area (Å²) in [5, 5.41) is 11.0. The maximum Gasteiger partial charge on any atom is 0.269 e. The van der Waals surface area contributed by atoms with Gasteiger partial charge in [0.05, 0.1) is 22.4 Å². The molecule has 0 aliphatic rings. The molecule has 0 saturated carbocycles. The molecule has 2 aromatic heterocycles. The number of hydrogen-bond donors (Lipinski definition) is 0. The summed E-state index contributed by atoms with van der Waals surface area (Å²) in [6, 6.07) is 6.05. The largest absolute Gasteiger partial charge is 0.335 e. The summed E-state index contributed by atoms with van der Waals surface area (Å²) in [7, 11) is 1.68. The van der Waals surface area contributed by atoms with E-state index in [1.54, 1.807) is 41.5 Å². The predicted molar refractivity (Wildman–Crippen MR) is 106 cm³/mol. The Bertz CT molecular complexity index is 1050. The van der Waals surface area contributed by atoms with E-state index in [-0.39, 0.29) is 17.6 Å². The summed E-state index contributed by atoms with van der Waals surface area (Å²) in [5.41, 5.74) is 2.46. The quantitative estimate of drug-likeness (QED) is 0.376. The molecule has 0 fully saturated rings. The molecule has 0 aliphatic carbocycles. The fourth-order valence-electron chi connectivity index (χ4n) is 2.86. The lowest BCUT2D eigenvalue weighted by atomic mass is 10.1. The monoisotopic (exact) mass is 384 g/mol. The second-order valence-electron chi connectivity index (χ2n) is 6.39. The van der Waals surface area contributed by atoms with Gasteiger partial charge >= 0.3 is 0 Å². The van der Waals surface area contributed by atoms with Crippen molar-refractivity contribution in [1.29, 1.82) is 0 Å². The molecule has 3 rings (SSSR count). The lowest BCUT2D eigenvalue weighted by Crippen LogP contribution is -2.28. The highest BCUT2D eigenvalue weighted by Crippen LogP contribution is 2.24. The molecule has 0 radical (unpaired) electrons. The SMILES string of the molecule is Cc1cn2c(/C=C/C(=O)N(C)C(C)c3cccc([N+](=O)[O-])c3)c(C)nc2s1. The highest BCUT2D eigenvalue weighted by atomic mass is 32.1. The Morgan fingerprint density at radius 2 is 2.15 bits per heavy atom. The van der Waals surface area contributed by atoms with Gasteiger partial charge in [-0.05, 0) is 32.4 Å². The average molecular weight is 384 g/mol. The van der Waals surface area contributed by atoms with Gasteiger partial charge < -0.3 is 4.90 Å². The molecule has 1 unspecified atom stereocenters. The van der Waals surface area contributed by atoms with E-state index in [1.807, 2.05) is 31.4 Å². The van der Waals surface area contributed by atoms with Gasteiger partial charge in [0, 0.05) is 36.3 Å². The number of benzene rings is 1. The second-order valence-corrected chi connectivity index (χ2v) is 7.60. The van der Waals surface area contributed by atoms with E-state index in [0.29, 0.717) is 5.56 Å². The van der Waals surface area contributed by atoms with Crippen molar-refractivity contribution in [3.63, 3.8) is 0 Å². The Labute approximate surface area is 160 Å².